The van der Waals surface area contributed by atoms with E-state index in [0.717, 1.165) is 11.3 Å². The minimum absolute atomic E-state index is 0.111. The van der Waals surface area contributed by atoms with Crippen LogP contribution >= 0.6 is 0 Å². The fraction of sp³-hybridized carbons (Fsp3) is 0.538. The summed E-state index contributed by atoms with van der Waals surface area (Å²) in [6, 6.07) is 4.93. The van der Waals surface area contributed by atoms with Crippen molar-refractivity contribution >= 4 is 15.7 Å². The van der Waals surface area contributed by atoms with Crippen molar-refractivity contribution in [2.24, 2.45) is 11.1 Å². The third-order valence-electron chi connectivity index (χ3n) is 3.03. The van der Waals surface area contributed by atoms with Crippen LogP contribution in [0.1, 0.15) is 19.4 Å². The van der Waals surface area contributed by atoms with Crippen molar-refractivity contribution in [3.05, 3.63) is 23.8 Å². The van der Waals surface area contributed by atoms with E-state index in [1.54, 1.807) is 19.2 Å². The van der Waals surface area contributed by atoms with Gasteiger partial charge in [-0.25, -0.2) is 13.6 Å². The minimum Gasteiger partial charge on any atom is -0.383 e. The molecule has 0 spiro atoms. The van der Waals surface area contributed by atoms with Crippen LogP contribution in [-0.4, -0.2) is 28.2 Å². The quantitative estimate of drug-likeness (QED) is 0.834. The van der Waals surface area contributed by atoms with Gasteiger partial charge in [0.1, 0.15) is 0 Å². The second-order valence-electron chi connectivity index (χ2n) is 4.97. The van der Waals surface area contributed by atoms with Crippen LogP contribution in [0, 0.1) is 12.8 Å². The second kappa shape index (κ2) is 6.36. The number of nitrogens with one attached hydrogen (secondary N) is 1. The molecule has 1 atom stereocenters. The van der Waals surface area contributed by atoms with Crippen LogP contribution < -0.4 is 10.5 Å². The molecule has 5 nitrogen and oxygen atoms in total. The van der Waals surface area contributed by atoms with E-state index in [0.29, 0.717) is 12.5 Å². The summed E-state index contributed by atoms with van der Waals surface area (Å²) in [6.45, 7) is 6.63. The van der Waals surface area contributed by atoms with Gasteiger partial charge in [-0.15, -0.1) is 0 Å². The SMILES string of the molecule is COCC(Nc1cc(S(N)(=O)=O)ccc1C)C(C)C. The Morgan fingerprint density at radius 3 is 2.47 bits per heavy atom. The Kier molecular flexibility index (Phi) is 5.34. The fourth-order valence-corrected chi connectivity index (χ4v) is 2.25. The molecule has 1 aromatic carbocycles. The first-order valence-electron chi connectivity index (χ1n) is 6.14. The third-order valence-corrected chi connectivity index (χ3v) is 3.94. The van der Waals surface area contributed by atoms with Gasteiger partial charge in [0.25, 0.3) is 0 Å². The molecule has 0 aliphatic rings. The highest BCUT2D eigenvalue weighted by atomic mass is 32.2. The maximum atomic E-state index is 11.4. The van der Waals surface area contributed by atoms with Gasteiger partial charge >= 0.3 is 0 Å². The lowest BCUT2D eigenvalue weighted by atomic mass is 10.0. The Bertz CT molecular complexity index is 527. The number of anilines is 1. The van der Waals surface area contributed by atoms with Crippen LogP contribution in [0.3, 0.4) is 0 Å². The number of rotatable bonds is 6. The number of primary sulfonamides is 1. The summed E-state index contributed by atoms with van der Waals surface area (Å²) in [6.07, 6.45) is 0. The Hall–Kier alpha value is -1.11. The molecule has 0 aromatic heterocycles. The van der Waals surface area contributed by atoms with E-state index in [4.69, 9.17) is 9.88 Å². The molecule has 0 fully saturated rings. The molecular weight excluding hydrogens is 264 g/mol. The zero-order valence-corrected chi connectivity index (χ0v) is 12.6. The van der Waals surface area contributed by atoms with Crippen LogP contribution in [0.25, 0.3) is 0 Å². The summed E-state index contributed by atoms with van der Waals surface area (Å²) >= 11 is 0. The molecule has 0 aliphatic heterocycles. The zero-order valence-electron chi connectivity index (χ0n) is 11.8. The normalized spacial score (nSPS) is 13.6. The van der Waals surface area contributed by atoms with Gasteiger partial charge in [-0.3, -0.25) is 0 Å². The fourth-order valence-electron chi connectivity index (χ4n) is 1.71. The molecule has 0 amide bonds. The largest absolute Gasteiger partial charge is 0.383 e. The highest BCUT2D eigenvalue weighted by molar-refractivity contribution is 7.89. The number of aryl methyl sites for hydroxylation is 1. The molecule has 0 heterocycles. The summed E-state index contributed by atoms with van der Waals surface area (Å²) in [4.78, 5) is 0.112. The lowest BCUT2D eigenvalue weighted by Crippen LogP contribution is -2.30. The molecule has 3 N–H and O–H groups in total. The minimum atomic E-state index is -3.68. The summed E-state index contributed by atoms with van der Waals surface area (Å²) < 4.78 is 27.9. The molecule has 1 aromatic rings. The van der Waals surface area contributed by atoms with Crippen LogP contribution in [0.15, 0.2) is 23.1 Å². The van der Waals surface area contributed by atoms with Gasteiger partial charge in [-0.05, 0) is 30.5 Å². The number of nitrogens with two attached hydrogens (primary N) is 1. The smallest absolute Gasteiger partial charge is 0.238 e. The van der Waals surface area contributed by atoms with Gasteiger partial charge < -0.3 is 10.1 Å². The van der Waals surface area contributed by atoms with Crippen molar-refractivity contribution < 1.29 is 13.2 Å². The molecule has 6 heteroatoms. The van der Waals surface area contributed by atoms with Crippen LogP contribution in [0.4, 0.5) is 5.69 Å². The molecule has 0 saturated carbocycles. The number of hydrogen-bond acceptors (Lipinski definition) is 4. The average molecular weight is 286 g/mol. The Labute approximate surface area is 115 Å². The van der Waals surface area contributed by atoms with E-state index in [1.165, 1.54) is 6.07 Å². The lowest BCUT2D eigenvalue weighted by molar-refractivity contribution is 0.171. The first kappa shape index (κ1) is 15.9. The van der Waals surface area contributed by atoms with Gasteiger partial charge in [0.05, 0.1) is 17.5 Å². The van der Waals surface area contributed by atoms with Crippen LogP contribution in [0.2, 0.25) is 0 Å². The van der Waals surface area contributed by atoms with Crippen molar-refractivity contribution in [2.45, 2.75) is 31.7 Å². The van der Waals surface area contributed by atoms with Crippen LogP contribution in [-0.2, 0) is 14.8 Å². The van der Waals surface area contributed by atoms with Crippen LogP contribution in [0.5, 0.6) is 0 Å². The van der Waals surface area contributed by atoms with E-state index in [9.17, 15) is 8.42 Å². The summed E-state index contributed by atoms with van der Waals surface area (Å²) in [5, 5.41) is 8.46. The van der Waals surface area contributed by atoms with Gasteiger partial charge in [-0.1, -0.05) is 19.9 Å². The first-order valence-corrected chi connectivity index (χ1v) is 7.69. The number of sulfonamides is 1. The van der Waals surface area contributed by atoms with Gasteiger partial charge in [-0.2, -0.15) is 0 Å². The molecule has 19 heavy (non-hydrogen) atoms. The highest BCUT2D eigenvalue weighted by Gasteiger charge is 2.16. The van der Waals surface area contributed by atoms with Gasteiger partial charge in [0.2, 0.25) is 10.0 Å². The van der Waals surface area contributed by atoms with Crippen molar-refractivity contribution in [3.8, 4) is 0 Å². The molecule has 1 unspecified atom stereocenters. The maximum Gasteiger partial charge on any atom is 0.238 e. The molecule has 1 rings (SSSR count). The highest BCUT2D eigenvalue weighted by Crippen LogP contribution is 2.21. The van der Waals surface area contributed by atoms with Crippen molar-refractivity contribution in [3.63, 3.8) is 0 Å². The van der Waals surface area contributed by atoms with Crippen molar-refractivity contribution in [1.29, 1.82) is 0 Å². The number of methoxy groups -OCH3 is 1. The lowest BCUT2D eigenvalue weighted by Gasteiger charge is -2.24. The standard InChI is InChI=1S/C13H22N2O3S/c1-9(2)13(8-18-4)15-12-7-11(19(14,16)17)6-5-10(12)3/h5-7,9,13,15H,8H2,1-4H3,(H2,14,16,17). The predicted octanol–water partition coefficient (Wildman–Crippen LogP) is 1.73. The maximum absolute atomic E-state index is 11.4. The monoisotopic (exact) mass is 286 g/mol. The van der Waals surface area contributed by atoms with E-state index in [1.807, 2.05) is 6.92 Å². The Balaban J connectivity index is 3.05. The van der Waals surface area contributed by atoms with E-state index in [2.05, 4.69) is 19.2 Å². The summed E-state index contributed by atoms with van der Waals surface area (Å²) in [5.74, 6) is 0.359. The molecule has 0 bridgehead atoms. The number of ether oxygens (including phenoxy) is 1. The predicted molar refractivity (Wildman–Crippen MR) is 76.7 cm³/mol. The first-order chi connectivity index (χ1) is 8.75. The average Bonchev–Trinajstić information content (AvgIpc) is 2.29. The van der Waals surface area contributed by atoms with Crippen molar-refractivity contribution in [1.82, 2.24) is 0 Å². The Morgan fingerprint density at radius 1 is 1.37 bits per heavy atom. The number of benzene rings is 1. The van der Waals surface area contributed by atoms with Gasteiger partial charge in [0.15, 0.2) is 0 Å². The Morgan fingerprint density at radius 2 is 2.00 bits per heavy atom. The summed E-state index contributed by atoms with van der Waals surface area (Å²) in [5.41, 5.74) is 1.73. The van der Waals surface area contributed by atoms with Crippen molar-refractivity contribution in [2.75, 3.05) is 19.0 Å². The topological polar surface area (TPSA) is 81.4 Å². The zero-order chi connectivity index (χ0) is 14.6. The molecule has 0 radical (unpaired) electrons. The summed E-state index contributed by atoms with van der Waals surface area (Å²) in [7, 11) is -2.04. The number of hydrogen-bond donors (Lipinski definition) is 2. The van der Waals surface area contributed by atoms with E-state index in [-0.39, 0.29) is 10.9 Å². The molecule has 0 aliphatic carbocycles. The van der Waals surface area contributed by atoms with Gasteiger partial charge in [0, 0.05) is 12.8 Å². The van der Waals surface area contributed by atoms with E-state index < -0.39 is 10.0 Å². The molecule has 108 valence electrons. The molecule has 0 saturated heterocycles. The molecular formula is C13H22N2O3S. The third kappa shape index (κ3) is 4.49. The van der Waals surface area contributed by atoms with E-state index >= 15 is 0 Å². The second-order valence-corrected chi connectivity index (χ2v) is 6.53.